The molecule has 1 aliphatic rings. The van der Waals surface area contributed by atoms with Crippen LogP contribution < -0.4 is 15.4 Å². The van der Waals surface area contributed by atoms with Gasteiger partial charge in [-0.15, -0.1) is 0 Å². The van der Waals surface area contributed by atoms with E-state index in [0.29, 0.717) is 23.9 Å². The molecule has 1 heterocycles. The summed E-state index contributed by atoms with van der Waals surface area (Å²) in [4.78, 5) is 6.94. The summed E-state index contributed by atoms with van der Waals surface area (Å²) in [6.45, 7) is 12.3. The smallest absolute Gasteiger partial charge is 0.191 e. The van der Waals surface area contributed by atoms with E-state index in [4.69, 9.17) is 4.74 Å². The Bertz CT molecular complexity index is 570. The van der Waals surface area contributed by atoms with Crippen molar-refractivity contribution in [3.63, 3.8) is 0 Å². The molecule has 1 fully saturated rings. The molecular weight excluding hydrogens is 324 g/mol. The van der Waals surface area contributed by atoms with Gasteiger partial charge in [-0.05, 0) is 49.8 Å². The minimum atomic E-state index is 0.461. The van der Waals surface area contributed by atoms with E-state index in [1.165, 1.54) is 5.56 Å². The van der Waals surface area contributed by atoms with Crippen molar-refractivity contribution in [1.82, 2.24) is 15.5 Å². The van der Waals surface area contributed by atoms with E-state index in [0.717, 1.165) is 37.8 Å². The van der Waals surface area contributed by atoms with Gasteiger partial charge in [-0.25, -0.2) is 0 Å². The number of aliphatic imine (C=N–C) groups is 1. The number of hydrogen-bond acceptors (Lipinski definition) is 3. The molecule has 0 radical (unpaired) electrons. The normalized spacial score (nSPS) is 22.5. The van der Waals surface area contributed by atoms with Crippen LogP contribution in [-0.4, -0.2) is 56.7 Å². The van der Waals surface area contributed by atoms with Crippen LogP contribution in [0.1, 0.15) is 45.6 Å². The Hall–Kier alpha value is -1.75. The second kappa shape index (κ2) is 9.81. The lowest BCUT2D eigenvalue weighted by atomic mass is 9.98. The number of methoxy groups -OCH3 is 1. The maximum atomic E-state index is 5.23. The summed E-state index contributed by atoms with van der Waals surface area (Å²) in [5.74, 6) is 2.95. The Morgan fingerprint density at radius 3 is 2.46 bits per heavy atom. The van der Waals surface area contributed by atoms with Gasteiger partial charge in [-0.3, -0.25) is 9.89 Å². The lowest BCUT2D eigenvalue weighted by Gasteiger charge is -2.22. The third-order valence-electron chi connectivity index (χ3n) is 5.47. The summed E-state index contributed by atoms with van der Waals surface area (Å²) in [5, 5.41) is 7.09. The molecule has 2 N–H and O–H groups in total. The van der Waals surface area contributed by atoms with Gasteiger partial charge in [0.1, 0.15) is 5.75 Å². The van der Waals surface area contributed by atoms with Crippen LogP contribution in [0, 0.1) is 5.92 Å². The van der Waals surface area contributed by atoms with E-state index < -0.39 is 0 Å². The molecule has 26 heavy (non-hydrogen) atoms. The number of nitrogens with zero attached hydrogens (tertiary/aromatic N) is 2. The van der Waals surface area contributed by atoms with E-state index in [-0.39, 0.29) is 0 Å². The molecule has 146 valence electrons. The quantitative estimate of drug-likeness (QED) is 0.579. The van der Waals surface area contributed by atoms with Gasteiger partial charge in [0.05, 0.1) is 7.11 Å². The zero-order valence-corrected chi connectivity index (χ0v) is 17.2. The van der Waals surface area contributed by atoms with Crippen molar-refractivity contribution in [2.24, 2.45) is 10.9 Å². The number of ether oxygens (including phenoxy) is 1. The van der Waals surface area contributed by atoms with E-state index in [2.05, 4.69) is 60.4 Å². The molecule has 0 spiro atoms. The number of rotatable bonds is 7. The second-order valence-electron chi connectivity index (χ2n) is 7.74. The highest BCUT2D eigenvalue weighted by Crippen LogP contribution is 2.21. The average molecular weight is 361 g/mol. The second-order valence-corrected chi connectivity index (χ2v) is 7.74. The Morgan fingerprint density at radius 1 is 1.23 bits per heavy atom. The van der Waals surface area contributed by atoms with Crippen LogP contribution in [0.3, 0.4) is 0 Å². The van der Waals surface area contributed by atoms with Gasteiger partial charge in [0, 0.05) is 38.8 Å². The molecule has 0 saturated carbocycles. The SMILES string of the molecule is CN=C(NCCC(C)c1ccc(OC)cc1)NC1CN(C(C)C)CC1C. The van der Waals surface area contributed by atoms with Crippen LogP contribution in [0.25, 0.3) is 0 Å². The molecule has 1 aromatic carbocycles. The lowest BCUT2D eigenvalue weighted by Crippen LogP contribution is -2.47. The van der Waals surface area contributed by atoms with Gasteiger partial charge in [-0.1, -0.05) is 26.0 Å². The first-order chi connectivity index (χ1) is 12.4. The highest BCUT2D eigenvalue weighted by atomic mass is 16.5. The molecule has 3 unspecified atom stereocenters. The molecule has 2 rings (SSSR count). The summed E-state index contributed by atoms with van der Waals surface area (Å²) in [6, 6.07) is 9.42. The predicted octanol–water partition coefficient (Wildman–Crippen LogP) is 3.08. The minimum absolute atomic E-state index is 0.461. The van der Waals surface area contributed by atoms with E-state index in [1.807, 2.05) is 19.2 Å². The van der Waals surface area contributed by atoms with E-state index in [1.54, 1.807) is 7.11 Å². The molecule has 5 heteroatoms. The van der Waals surface area contributed by atoms with Gasteiger partial charge in [0.15, 0.2) is 5.96 Å². The monoisotopic (exact) mass is 360 g/mol. The molecule has 0 amide bonds. The van der Waals surface area contributed by atoms with Crippen molar-refractivity contribution in [3.8, 4) is 5.75 Å². The van der Waals surface area contributed by atoms with Crippen LogP contribution in [0.2, 0.25) is 0 Å². The zero-order chi connectivity index (χ0) is 19.1. The maximum Gasteiger partial charge on any atom is 0.191 e. The first kappa shape index (κ1) is 20.6. The number of benzene rings is 1. The van der Waals surface area contributed by atoms with Crippen molar-refractivity contribution >= 4 is 5.96 Å². The fourth-order valence-corrected chi connectivity index (χ4v) is 3.49. The number of guanidine groups is 1. The number of nitrogens with one attached hydrogen (secondary N) is 2. The molecule has 1 aromatic rings. The maximum absolute atomic E-state index is 5.23. The summed E-state index contributed by atoms with van der Waals surface area (Å²) in [6.07, 6.45) is 1.06. The van der Waals surface area contributed by atoms with Gasteiger partial charge in [-0.2, -0.15) is 0 Å². The first-order valence-electron chi connectivity index (χ1n) is 9.79. The Balaban J connectivity index is 1.78. The molecule has 3 atom stereocenters. The fourth-order valence-electron chi connectivity index (χ4n) is 3.49. The topological polar surface area (TPSA) is 48.9 Å². The molecule has 1 aliphatic heterocycles. The van der Waals surface area contributed by atoms with Crippen LogP contribution >= 0.6 is 0 Å². The first-order valence-corrected chi connectivity index (χ1v) is 9.79. The highest BCUT2D eigenvalue weighted by Gasteiger charge is 2.31. The van der Waals surface area contributed by atoms with Gasteiger partial charge >= 0.3 is 0 Å². The van der Waals surface area contributed by atoms with E-state index >= 15 is 0 Å². The van der Waals surface area contributed by atoms with Crippen molar-refractivity contribution < 1.29 is 4.74 Å². The highest BCUT2D eigenvalue weighted by molar-refractivity contribution is 5.80. The fraction of sp³-hybridized carbons (Fsp3) is 0.667. The molecule has 0 aromatic heterocycles. The lowest BCUT2D eigenvalue weighted by molar-refractivity contribution is 0.265. The van der Waals surface area contributed by atoms with Crippen molar-refractivity contribution in [2.45, 2.75) is 52.1 Å². The molecule has 1 saturated heterocycles. The van der Waals surface area contributed by atoms with Gasteiger partial charge in [0.25, 0.3) is 0 Å². The summed E-state index contributed by atoms with van der Waals surface area (Å²) in [7, 11) is 3.55. The summed E-state index contributed by atoms with van der Waals surface area (Å²) in [5.41, 5.74) is 1.34. The molecule has 0 bridgehead atoms. The van der Waals surface area contributed by atoms with Gasteiger partial charge in [0.2, 0.25) is 0 Å². The number of likely N-dealkylation sites (tertiary alicyclic amines) is 1. The van der Waals surface area contributed by atoms with Crippen LogP contribution in [0.15, 0.2) is 29.3 Å². The predicted molar refractivity (Wildman–Crippen MR) is 110 cm³/mol. The molecular formula is C21H36N4O. The third-order valence-corrected chi connectivity index (χ3v) is 5.47. The molecule has 5 nitrogen and oxygen atoms in total. The largest absolute Gasteiger partial charge is 0.497 e. The van der Waals surface area contributed by atoms with Crippen molar-refractivity contribution in [2.75, 3.05) is 33.8 Å². The summed E-state index contributed by atoms with van der Waals surface area (Å²) >= 11 is 0. The average Bonchev–Trinajstić information content (AvgIpc) is 3.01. The Kier molecular flexibility index (Phi) is 7.76. The van der Waals surface area contributed by atoms with Crippen LogP contribution in [0.5, 0.6) is 5.75 Å². The zero-order valence-electron chi connectivity index (χ0n) is 17.2. The standard InChI is InChI=1S/C21H36N4O/c1-15(2)25-13-17(4)20(14-25)24-21(22-5)23-12-11-16(3)18-7-9-19(26-6)10-8-18/h7-10,15-17,20H,11-14H2,1-6H3,(H2,22,23,24). The van der Waals surface area contributed by atoms with E-state index in [9.17, 15) is 0 Å². The Morgan fingerprint density at radius 2 is 1.92 bits per heavy atom. The van der Waals surface area contributed by atoms with Crippen LogP contribution in [0.4, 0.5) is 0 Å². The van der Waals surface area contributed by atoms with Crippen molar-refractivity contribution in [1.29, 1.82) is 0 Å². The van der Waals surface area contributed by atoms with Crippen LogP contribution in [-0.2, 0) is 0 Å². The third kappa shape index (κ3) is 5.63. The van der Waals surface area contributed by atoms with Gasteiger partial charge < -0.3 is 15.4 Å². The number of hydrogen-bond donors (Lipinski definition) is 2. The summed E-state index contributed by atoms with van der Waals surface area (Å²) < 4.78 is 5.23. The van der Waals surface area contributed by atoms with Crippen molar-refractivity contribution in [3.05, 3.63) is 29.8 Å². The minimum Gasteiger partial charge on any atom is -0.497 e. The molecule has 0 aliphatic carbocycles. The Labute approximate surface area is 159 Å².